The van der Waals surface area contributed by atoms with Gasteiger partial charge in [0.25, 0.3) is 5.91 Å². The second kappa shape index (κ2) is 8.67. The van der Waals surface area contributed by atoms with Gasteiger partial charge in [-0.05, 0) is 35.9 Å². The van der Waals surface area contributed by atoms with E-state index in [4.69, 9.17) is 11.6 Å². The molecule has 0 saturated carbocycles. The molecular formula is C21H21ClF2N4O2. The molecule has 2 saturated heterocycles. The van der Waals surface area contributed by atoms with E-state index in [-0.39, 0.29) is 29.3 Å². The highest BCUT2D eigenvalue weighted by atomic mass is 35.5. The zero-order valence-electron chi connectivity index (χ0n) is 16.1. The van der Waals surface area contributed by atoms with Gasteiger partial charge in [0.15, 0.2) is 11.6 Å². The van der Waals surface area contributed by atoms with Gasteiger partial charge in [0.2, 0.25) is 5.91 Å². The second-order valence-electron chi connectivity index (χ2n) is 7.41. The Morgan fingerprint density at radius 2 is 1.60 bits per heavy atom. The summed E-state index contributed by atoms with van der Waals surface area (Å²) in [5.74, 6) is -2.68. The molecule has 2 amide bonds. The molecule has 2 aliphatic rings. The van der Waals surface area contributed by atoms with Crippen LogP contribution in [0.4, 0.5) is 8.78 Å². The summed E-state index contributed by atoms with van der Waals surface area (Å²) in [7, 11) is 0. The van der Waals surface area contributed by atoms with Crippen molar-refractivity contribution in [1.82, 2.24) is 20.7 Å². The maximum atomic E-state index is 13.4. The molecular weight excluding hydrogens is 414 g/mol. The fraction of sp³-hybridized carbons (Fsp3) is 0.333. The standard InChI is InChI=1S/C21H21ClF2N4O2/c22-15-4-1-13(2-5-15)19-16(12-25-26-19)21(30)28-9-7-27(8-10-28)20(29)14-3-6-17(23)18(24)11-14/h1-6,11,16,19,25-26H,7-10,12H2. The van der Waals surface area contributed by atoms with Gasteiger partial charge in [0.05, 0.1) is 12.0 Å². The molecule has 30 heavy (non-hydrogen) atoms. The Morgan fingerprint density at radius 1 is 0.933 bits per heavy atom. The van der Waals surface area contributed by atoms with Crippen molar-refractivity contribution in [3.63, 3.8) is 0 Å². The van der Waals surface area contributed by atoms with Crippen molar-refractivity contribution in [1.29, 1.82) is 0 Å². The smallest absolute Gasteiger partial charge is 0.254 e. The van der Waals surface area contributed by atoms with Crippen LogP contribution in [0.15, 0.2) is 42.5 Å². The van der Waals surface area contributed by atoms with Crippen LogP contribution >= 0.6 is 11.6 Å². The molecule has 2 atom stereocenters. The lowest BCUT2D eigenvalue weighted by Gasteiger charge is -2.36. The fourth-order valence-electron chi connectivity index (χ4n) is 3.89. The predicted octanol–water partition coefficient (Wildman–Crippen LogP) is 2.37. The highest BCUT2D eigenvalue weighted by Crippen LogP contribution is 2.28. The van der Waals surface area contributed by atoms with Crippen LogP contribution in [0, 0.1) is 17.6 Å². The molecule has 2 unspecified atom stereocenters. The summed E-state index contributed by atoms with van der Waals surface area (Å²) >= 11 is 5.96. The molecule has 2 aromatic rings. The Labute approximate surface area is 177 Å². The Bertz CT molecular complexity index is 949. The predicted molar refractivity (Wildman–Crippen MR) is 108 cm³/mol. The number of nitrogens with one attached hydrogen (secondary N) is 2. The summed E-state index contributed by atoms with van der Waals surface area (Å²) in [5.41, 5.74) is 7.27. The van der Waals surface area contributed by atoms with Gasteiger partial charge in [-0.2, -0.15) is 0 Å². The Morgan fingerprint density at radius 3 is 2.27 bits per heavy atom. The summed E-state index contributed by atoms with van der Waals surface area (Å²) in [4.78, 5) is 29.0. The summed E-state index contributed by atoms with van der Waals surface area (Å²) in [6.45, 7) is 1.95. The molecule has 2 fully saturated rings. The lowest BCUT2D eigenvalue weighted by atomic mass is 9.93. The van der Waals surface area contributed by atoms with Gasteiger partial charge >= 0.3 is 0 Å². The van der Waals surface area contributed by atoms with E-state index in [9.17, 15) is 18.4 Å². The van der Waals surface area contributed by atoms with Crippen LogP contribution in [-0.2, 0) is 4.79 Å². The lowest BCUT2D eigenvalue weighted by Crippen LogP contribution is -2.52. The normalized spacial score (nSPS) is 21.7. The zero-order valence-corrected chi connectivity index (χ0v) is 16.8. The SMILES string of the molecule is O=C(c1ccc(F)c(F)c1)N1CCN(C(=O)C2CNNC2c2ccc(Cl)cc2)CC1. The molecule has 2 N–H and O–H groups in total. The minimum absolute atomic E-state index is 0.00683. The van der Waals surface area contributed by atoms with E-state index in [1.165, 1.54) is 6.07 Å². The highest BCUT2D eigenvalue weighted by Gasteiger charge is 2.37. The van der Waals surface area contributed by atoms with Crippen LogP contribution in [0.1, 0.15) is 22.0 Å². The van der Waals surface area contributed by atoms with Crippen molar-refractivity contribution in [3.05, 3.63) is 70.2 Å². The van der Waals surface area contributed by atoms with Crippen molar-refractivity contribution in [2.45, 2.75) is 6.04 Å². The summed E-state index contributed by atoms with van der Waals surface area (Å²) in [6, 6.07) is 10.3. The third-order valence-corrected chi connectivity index (χ3v) is 5.83. The van der Waals surface area contributed by atoms with Gasteiger partial charge in [-0.1, -0.05) is 23.7 Å². The van der Waals surface area contributed by atoms with E-state index in [1.807, 2.05) is 12.1 Å². The Kier molecular flexibility index (Phi) is 5.99. The zero-order chi connectivity index (χ0) is 21.3. The molecule has 6 nitrogen and oxygen atoms in total. The van der Waals surface area contributed by atoms with Crippen molar-refractivity contribution >= 4 is 23.4 Å². The average molecular weight is 435 g/mol. The number of carbonyl (C=O) groups excluding carboxylic acids is 2. The van der Waals surface area contributed by atoms with Crippen LogP contribution in [0.3, 0.4) is 0 Å². The number of amides is 2. The largest absolute Gasteiger partial charge is 0.339 e. The first-order chi connectivity index (χ1) is 14.4. The second-order valence-corrected chi connectivity index (χ2v) is 7.84. The number of rotatable bonds is 3. The number of piperazine rings is 1. The van der Waals surface area contributed by atoms with Crippen LogP contribution in [0.25, 0.3) is 0 Å². The molecule has 0 aliphatic carbocycles. The van der Waals surface area contributed by atoms with Crippen LogP contribution in [-0.4, -0.2) is 54.3 Å². The van der Waals surface area contributed by atoms with Crippen molar-refractivity contribution in [2.75, 3.05) is 32.7 Å². The number of hydrazine groups is 1. The van der Waals surface area contributed by atoms with Gasteiger partial charge in [0.1, 0.15) is 0 Å². The number of nitrogens with zero attached hydrogens (tertiary/aromatic N) is 2. The van der Waals surface area contributed by atoms with E-state index < -0.39 is 11.6 Å². The lowest BCUT2D eigenvalue weighted by molar-refractivity contribution is -0.137. The number of carbonyl (C=O) groups is 2. The minimum Gasteiger partial charge on any atom is -0.339 e. The molecule has 158 valence electrons. The van der Waals surface area contributed by atoms with Crippen LogP contribution in [0.2, 0.25) is 5.02 Å². The molecule has 0 bridgehead atoms. The van der Waals surface area contributed by atoms with Gasteiger partial charge in [-0.15, -0.1) is 0 Å². The van der Waals surface area contributed by atoms with Crippen molar-refractivity contribution < 1.29 is 18.4 Å². The first-order valence-electron chi connectivity index (χ1n) is 9.71. The maximum Gasteiger partial charge on any atom is 0.254 e. The van der Waals surface area contributed by atoms with Gasteiger partial charge < -0.3 is 9.80 Å². The number of hydrogen-bond donors (Lipinski definition) is 2. The number of benzene rings is 2. The van der Waals surface area contributed by atoms with E-state index in [0.717, 1.165) is 17.7 Å². The van der Waals surface area contributed by atoms with Gasteiger partial charge in [-0.3, -0.25) is 15.0 Å². The molecule has 2 aliphatic heterocycles. The van der Waals surface area contributed by atoms with Gasteiger partial charge in [0, 0.05) is 43.3 Å². The third kappa shape index (κ3) is 4.16. The monoisotopic (exact) mass is 434 g/mol. The van der Waals surface area contributed by atoms with E-state index in [1.54, 1.807) is 21.9 Å². The molecule has 2 aromatic carbocycles. The minimum atomic E-state index is -1.05. The van der Waals surface area contributed by atoms with Gasteiger partial charge in [-0.25, -0.2) is 14.2 Å². The summed E-state index contributed by atoms with van der Waals surface area (Å²) < 4.78 is 26.5. The Balaban J connectivity index is 1.38. The quantitative estimate of drug-likeness (QED) is 0.778. The van der Waals surface area contributed by atoms with E-state index >= 15 is 0 Å². The molecule has 0 aromatic heterocycles. The summed E-state index contributed by atoms with van der Waals surface area (Å²) in [6.07, 6.45) is 0. The van der Waals surface area contributed by atoms with Crippen LogP contribution in [0.5, 0.6) is 0 Å². The topological polar surface area (TPSA) is 64.7 Å². The van der Waals surface area contributed by atoms with Crippen molar-refractivity contribution in [3.8, 4) is 0 Å². The van der Waals surface area contributed by atoms with Crippen LogP contribution < -0.4 is 10.9 Å². The fourth-order valence-corrected chi connectivity index (χ4v) is 4.02. The first kappa shape index (κ1) is 20.7. The molecule has 9 heteroatoms. The first-order valence-corrected chi connectivity index (χ1v) is 10.1. The molecule has 4 rings (SSSR count). The number of hydrogen-bond acceptors (Lipinski definition) is 4. The van der Waals surface area contributed by atoms with Crippen molar-refractivity contribution in [2.24, 2.45) is 5.92 Å². The summed E-state index contributed by atoms with van der Waals surface area (Å²) in [5, 5.41) is 0.634. The number of halogens is 3. The average Bonchev–Trinajstić information content (AvgIpc) is 3.25. The Hall–Kier alpha value is -2.55. The molecule has 0 spiro atoms. The highest BCUT2D eigenvalue weighted by molar-refractivity contribution is 6.30. The third-order valence-electron chi connectivity index (χ3n) is 5.57. The molecule has 0 radical (unpaired) electrons. The van der Waals surface area contributed by atoms with E-state index in [2.05, 4.69) is 10.9 Å². The molecule has 2 heterocycles. The maximum absolute atomic E-state index is 13.4. The van der Waals surface area contributed by atoms with E-state index in [0.29, 0.717) is 37.7 Å².